The van der Waals surface area contributed by atoms with Crippen LogP contribution >= 0.6 is 0 Å². The molecule has 208 valence electrons. The van der Waals surface area contributed by atoms with Gasteiger partial charge in [0.2, 0.25) is 6.36 Å². The van der Waals surface area contributed by atoms with E-state index in [1.165, 1.54) is 12.8 Å². The van der Waals surface area contributed by atoms with E-state index in [9.17, 15) is 13.6 Å². The van der Waals surface area contributed by atoms with Crippen LogP contribution in [0.4, 0.5) is 8.78 Å². The van der Waals surface area contributed by atoms with Crippen molar-refractivity contribution in [3.05, 3.63) is 41.6 Å². The standard InChI is InChI=1S/C28H31F2N5O2.C2H6/c1-3-24(30)37-23-7-4-6-18-14-22(35(25(18)23)16-17-8-9-17)27-32-21-15-19-20(31-26(21)33(27)2)10-13-34(28(19)36)12-5-11-29;1-2/h4,6-7,14-15,17,24H,3,5,8-13,16H2,1-2H3;1-2H3. The van der Waals surface area contributed by atoms with E-state index in [4.69, 9.17) is 14.7 Å². The highest BCUT2D eigenvalue weighted by molar-refractivity contribution is 5.99. The van der Waals surface area contributed by atoms with Crippen LogP contribution in [0.25, 0.3) is 33.6 Å². The molecule has 0 saturated heterocycles. The van der Waals surface area contributed by atoms with Gasteiger partial charge in [-0.1, -0.05) is 32.9 Å². The molecular formula is C30H37F2N5O2. The number of rotatable bonds is 9. The van der Waals surface area contributed by atoms with Crippen molar-refractivity contribution in [2.45, 2.75) is 65.8 Å². The Labute approximate surface area is 227 Å². The molecule has 9 heteroatoms. The number of imidazole rings is 1. The lowest BCUT2D eigenvalue weighted by Gasteiger charge is -2.27. The van der Waals surface area contributed by atoms with Gasteiger partial charge in [0.25, 0.3) is 5.91 Å². The number of aryl methyl sites for hydroxylation is 1. The molecule has 0 bridgehead atoms. The Hall–Kier alpha value is -3.49. The highest BCUT2D eigenvalue weighted by atomic mass is 19.1. The second kappa shape index (κ2) is 11.3. The molecule has 1 aliphatic heterocycles. The molecule has 0 N–H and O–H groups in total. The number of ether oxygens (including phenoxy) is 1. The summed E-state index contributed by atoms with van der Waals surface area (Å²) < 4.78 is 36.8. The Kier molecular flexibility index (Phi) is 7.86. The maximum atomic E-state index is 14.3. The summed E-state index contributed by atoms with van der Waals surface area (Å²) in [5.41, 5.74) is 4.45. The predicted molar refractivity (Wildman–Crippen MR) is 150 cm³/mol. The summed E-state index contributed by atoms with van der Waals surface area (Å²) in [7, 11) is 1.94. The summed E-state index contributed by atoms with van der Waals surface area (Å²) in [6.07, 6.45) is 2.21. The molecule has 0 radical (unpaired) electrons. The van der Waals surface area contributed by atoms with Crippen LogP contribution in [-0.2, 0) is 20.0 Å². The Bertz CT molecular complexity index is 1490. The molecule has 1 aromatic carbocycles. The Morgan fingerprint density at radius 1 is 1.18 bits per heavy atom. The highest BCUT2D eigenvalue weighted by Crippen LogP contribution is 2.39. The fourth-order valence-corrected chi connectivity index (χ4v) is 5.27. The monoisotopic (exact) mass is 537 g/mol. The predicted octanol–water partition coefficient (Wildman–Crippen LogP) is 6.47. The van der Waals surface area contributed by atoms with Crippen LogP contribution in [0.1, 0.15) is 62.5 Å². The van der Waals surface area contributed by atoms with Crippen molar-refractivity contribution >= 4 is 28.0 Å². The van der Waals surface area contributed by atoms with Crippen LogP contribution in [0.15, 0.2) is 30.3 Å². The van der Waals surface area contributed by atoms with Crippen molar-refractivity contribution in [3.63, 3.8) is 0 Å². The first-order chi connectivity index (χ1) is 19.0. The second-order valence-electron chi connectivity index (χ2n) is 10.1. The maximum Gasteiger partial charge on any atom is 0.255 e. The lowest BCUT2D eigenvalue weighted by Crippen LogP contribution is -2.38. The fraction of sp³-hybridized carbons (Fsp3) is 0.500. The zero-order chi connectivity index (χ0) is 27.7. The molecule has 1 atom stereocenters. The SMILES string of the molecule is CC.CCC(F)Oc1cccc2cc(-c3nc4cc5c(nc4n3C)CCN(CCCF)C5=O)n(CC3CC3)c12. The number of aromatic nitrogens is 4. The van der Waals surface area contributed by atoms with Crippen LogP contribution in [0.3, 0.4) is 0 Å². The van der Waals surface area contributed by atoms with Gasteiger partial charge < -0.3 is 18.8 Å². The van der Waals surface area contributed by atoms with Crippen LogP contribution < -0.4 is 4.74 Å². The minimum Gasteiger partial charge on any atom is -0.458 e. The zero-order valence-corrected chi connectivity index (χ0v) is 23.2. The summed E-state index contributed by atoms with van der Waals surface area (Å²) in [6.45, 7) is 7.07. The Balaban J connectivity index is 0.00000151. The topological polar surface area (TPSA) is 65.2 Å². The average molecular weight is 538 g/mol. The third-order valence-electron chi connectivity index (χ3n) is 7.45. The third-order valence-corrected chi connectivity index (χ3v) is 7.45. The fourth-order valence-electron chi connectivity index (χ4n) is 5.27. The van der Waals surface area contributed by atoms with E-state index in [1.54, 1.807) is 11.8 Å². The van der Waals surface area contributed by atoms with Gasteiger partial charge in [-0.3, -0.25) is 9.18 Å². The van der Waals surface area contributed by atoms with Gasteiger partial charge >= 0.3 is 0 Å². The van der Waals surface area contributed by atoms with E-state index in [0.717, 1.165) is 34.7 Å². The summed E-state index contributed by atoms with van der Waals surface area (Å²) >= 11 is 0. The molecule has 4 heterocycles. The van der Waals surface area contributed by atoms with Gasteiger partial charge in [0, 0.05) is 44.9 Å². The number of alkyl halides is 2. The molecular weight excluding hydrogens is 500 g/mol. The van der Waals surface area contributed by atoms with Crippen molar-refractivity contribution in [3.8, 4) is 17.3 Å². The molecule has 2 aliphatic rings. The zero-order valence-electron chi connectivity index (χ0n) is 23.2. The number of carbonyl (C=O) groups is 1. The normalized spacial score (nSPS) is 15.8. The molecule has 3 aromatic heterocycles. The molecule has 0 spiro atoms. The number of para-hydroxylation sites is 1. The number of nitrogens with zero attached hydrogens (tertiary/aromatic N) is 5. The van der Waals surface area contributed by atoms with Crippen molar-refractivity contribution in [1.82, 2.24) is 24.0 Å². The smallest absolute Gasteiger partial charge is 0.255 e. The highest BCUT2D eigenvalue weighted by Gasteiger charge is 2.29. The first-order valence-electron chi connectivity index (χ1n) is 14.1. The first-order valence-corrected chi connectivity index (χ1v) is 14.1. The Morgan fingerprint density at radius 2 is 1.97 bits per heavy atom. The van der Waals surface area contributed by atoms with Crippen molar-refractivity contribution in [1.29, 1.82) is 0 Å². The van der Waals surface area contributed by atoms with Crippen LogP contribution in [0.2, 0.25) is 0 Å². The number of halogens is 2. The van der Waals surface area contributed by atoms with Crippen molar-refractivity contribution in [2.24, 2.45) is 13.0 Å². The van der Waals surface area contributed by atoms with Crippen molar-refractivity contribution in [2.75, 3.05) is 19.8 Å². The van der Waals surface area contributed by atoms with Crippen molar-refractivity contribution < 1.29 is 18.3 Å². The van der Waals surface area contributed by atoms with Gasteiger partial charge in [0.1, 0.15) is 11.3 Å². The molecule has 1 amide bonds. The molecule has 6 rings (SSSR count). The van der Waals surface area contributed by atoms with Crippen LogP contribution in [0, 0.1) is 5.92 Å². The molecule has 1 unspecified atom stereocenters. The van der Waals surface area contributed by atoms with E-state index in [0.29, 0.717) is 54.3 Å². The maximum absolute atomic E-state index is 14.3. The lowest BCUT2D eigenvalue weighted by atomic mass is 10.0. The molecule has 1 saturated carbocycles. The lowest BCUT2D eigenvalue weighted by molar-refractivity contribution is 0.0653. The number of benzene rings is 1. The number of amides is 1. The molecule has 1 aliphatic carbocycles. The van der Waals surface area contributed by atoms with Gasteiger partial charge in [-0.2, -0.15) is 0 Å². The minimum atomic E-state index is -1.37. The number of fused-ring (bicyclic) bond motifs is 3. The number of hydrogen-bond donors (Lipinski definition) is 0. The van der Waals surface area contributed by atoms with Gasteiger partial charge in [0.15, 0.2) is 11.5 Å². The van der Waals surface area contributed by atoms with E-state index in [2.05, 4.69) is 10.6 Å². The summed E-state index contributed by atoms with van der Waals surface area (Å²) in [5.74, 6) is 1.73. The summed E-state index contributed by atoms with van der Waals surface area (Å²) in [4.78, 5) is 24.5. The van der Waals surface area contributed by atoms with Crippen LogP contribution in [-0.4, -0.2) is 56.0 Å². The van der Waals surface area contributed by atoms with E-state index < -0.39 is 13.0 Å². The third kappa shape index (κ3) is 5.11. The number of hydrogen-bond acceptors (Lipinski definition) is 4. The van der Waals surface area contributed by atoms with Crippen LogP contribution in [0.5, 0.6) is 5.75 Å². The summed E-state index contributed by atoms with van der Waals surface area (Å²) in [6, 6.07) is 9.62. The first kappa shape index (κ1) is 27.1. The van der Waals surface area contributed by atoms with Gasteiger partial charge in [-0.05, 0) is 43.4 Å². The summed E-state index contributed by atoms with van der Waals surface area (Å²) in [5, 5.41) is 0.967. The van der Waals surface area contributed by atoms with Gasteiger partial charge in [0.05, 0.1) is 29.1 Å². The van der Waals surface area contributed by atoms with Gasteiger partial charge in [-0.25, -0.2) is 14.4 Å². The average Bonchev–Trinajstić information content (AvgIpc) is 3.62. The second-order valence-corrected chi connectivity index (χ2v) is 10.1. The molecule has 39 heavy (non-hydrogen) atoms. The molecule has 7 nitrogen and oxygen atoms in total. The van der Waals surface area contributed by atoms with Gasteiger partial charge in [-0.15, -0.1) is 0 Å². The van der Waals surface area contributed by atoms with E-state index >= 15 is 0 Å². The van der Waals surface area contributed by atoms with E-state index in [1.807, 2.05) is 49.7 Å². The quantitative estimate of drug-likeness (QED) is 0.246. The number of pyridine rings is 1. The Morgan fingerprint density at radius 3 is 2.69 bits per heavy atom. The minimum absolute atomic E-state index is 0.113. The largest absolute Gasteiger partial charge is 0.458 e. The molecule has 4 aromatic rings. The molecule has 1 fully saturated rings. The number of carbonyl (C=O) groups excluding carboxylic acids is 1. The van der Waals surface area contributed by atoms with E-state index in [-0.39, 0.29) is 12.3 Å².